The number of alkyl halides is 3. The average molecular weight is 586 g/mol. The molecule has 0 saturated carbocycles. The van der Waals surface area contributed by atoms with Crippen LogP contribution in [0, 0.1) is 5.82 Å². The van der Waals surface area contributed by atoms with E-state index in [0.717, 1.165) is 18.2 Å². The summed E-state index contributed by atoms with van der Waals surface area (Å²) in [5.74, 6) is -2.36. The SMILES string of the molecule is CC(C)n1cc2cc(C(=O)NC[C@](O)(c3cc4c(c(-c5ccc(F)cc5)n3)OC[C@]4(C)C(N)=O)C(F)(F)F)ccc2n1. The number of nitrogens with zero attached hydrogens (tertiary/aromatic N) is 3. The number of aliphatic hydroxyl groups is 1. The number of benzene rings is 2. The minimum absolute atomic E-state index is 0.0181. The number of pyridine rings is 1. The minimum atomic E-state index is -5.33. The van der Waals surface area contributed by atoms with E-state index >= 15 is 0 Å². The predicted molar refractivity (Wildman–Crippen MR) is 144 cm³/mol. The second-order valence-corrected chi connectivity index (χ2v) is 10.7. The third kappa shape index (κ3) is 4.83. The van der Waals surface area contributed by atoms with Crippen molar-refractivity contribution in [1.82, 2.24) is 20.1 Å². The zero-order valence-electron chi connectivity index (χ0n) is 22.8. The van der Waals surface area contributed by atoms with Gasteiger partial charge in [0.05, 0.1) is 17.8 Å². The molecule has 42 heavy (non-hydrogen) atoms. The number of nitrogens with one attached hydrogen (secondary N) is 1. The standard InChI is InChI=1S/C29H27F4N5O4/c1-15(2)38-12-18-10-17(6-9-21(18)37-38)25(39)35-13-28(41,29(31,32)33)22-11-20-24(42-14-27(20,3)26(34)40)23(36-22)16-4-7-19(30)8-5-16/h4-12,15,41H,13-14H2,1-3H3,(H2,34,40)(H,35,39)/t27-,28-/m0/s1. The molecule has 1 aliphatic rings. The summed E-state index contributed by atoms with van der Waals surface area (Å²) >= 11 is 0. The normalized spacial score (nSPS) is 18.0. The van der Waals surface area contributed by atoms with E-state index in [1.54, 1.807) is 16.9 Å². The highest BCUT2D eigenvalue weighted by Crippen LogP contribution is 2.47. The Labute approximate surface area is 237 Å². The van der Waals surface area contributed by atoms with Gasteiger partial charge in [0.15, 0.2) is 0 Å². The Hall–Kier alpha value is -4.52. The summed E-state index contributed by atoms with van der Waals surface area (Å²) in [5, 5.41) is 18.3. The third-order valence-corrected chi connectivity index (χ3v) is 7.44. The van der Waals surface area contributed by atoms with Crippen LogP contribution in [0.5, 0.6) is 5.75 Å². The molecule has 0 spiro atoms. The number of primary amides is 1. The molecule has 4 aromatic rings. The molecule has 2 aromatic carbocycles. The molecule has 4 N–H and O–H groups in total. The Morgan fingerprint density at radius 3 is 2.48 bits per heavy atom. The Kier molecular flexibility index (Phi) is 6.96. The van der Waals surface area contributed by atoms with Crippen LogP contribution in [0.2, 0.25) is 0 Å². The number of fused-ring (bicyclic) bond motifs is 2. The molecule has 2 amide bonds. The lowest BCUT2D eigenvalue weighted by Crippen LogP contribution is -2.51. The van der Waals surface area contributed by atoms with Gasteiger partial charge in [0.1, 0.15) is 29.3 Å². The van der Waals surface area contributed by atoms with Crippen molar-refractivity contribution >= 4 is 22.7 Å². The van der Waals surface area contributed by atoms with Gasteiger partial charge in [0, 0.05) is 34.3 Å². The van der Waals surface area contributed by atoms with Gasteiger partial charge in [0.2, 0.25) is 11.5 Å². The average Bonchev–Trinajstić information content (AvgIpc) is 3.53. The minimum Gasteiger partial charge on any atom is -0.489 e. The summed E-state index contributed by atoms with van der Waals surface area (Å²) in [7, 11) is 0. The third-order valence-electron chi connectivity index (χ3n) is 7.44. The molecule has 5 rings (SSSR count). The van der Waals surface area contributed by atoms with Gasteiger partial charge in [-0.1, -0.05) is 0 Å². The maximum absolute atomic E-state index is 14.6. The molecule has 3 heterocycles. The van der Waals surface area contributed by atoms with Crippen LogP contribution in [-0.4, -0.2) is 51.0 Å². The maximum atomic E-state index is 14.6. The number of ether oxygens (including phenoxy) is 1. The van der Waals surface area contributed by atoms with Gasteiger partial charge in [-0.3, -0.25) is 14.3 Å². The van der Waals surface area contributed by atoms with Crippen molar-refractivity contribution in [2.45, 2.75) is 44.0 Å². The smallest absolute Gasteiger partial charge is 0.424 e. The van der Waals surface area contributed by atoms with Gasteiger partial charge >= 0.3 is 6.18 Å². The van der Waals surface area contributed by atoms with Crippen LogP contribution in [0.15, 0.2) is 54.7 Å². The van der Waals surface area contributed by atoms with Crippen molar-refractivity contribution in [3.63, 3.8) is 0 Å². The van der Waals surface area contributed by atoms with Crippen LogP contribution >= 0.6 is 0 Å². The second kappa shape index (κ2) is 10.1. The highest BCUT2D eigenvalue weighted by atomic mass is 19.4. The lowest BCUT2D eigenvalue weighted by atomic mass is 9.81. The molecule has 1 aliphatic heterocycles. The monoisotopic (exact) mass is 585 g/mol. The van der Waals surface area contributed by atoms with Crippen molar-refractivity contribution in [1.29, 1.82) is 0 Å². The number of hydrogen-bond acceptors (Lipinski definition) is 6. The molecule has 13 heteroatoms. The topological polar surface area (TPSA) is 132 Å². The molecule has 9 nitrogen and oxygen atoms in total. The fraction of sp³-hybridized carbons (Fsp3) is 0.310. The van der Waals surface area contributed by atoms with Gasteiger partial charge in [-0.2, -0.15) is 18.3 Å². The quantitative estimate of drug-likeness (QED) is 0.280. The van der Waals surface area contributed by atoms with E-state index in [4.69, 9.17) is 10.5 Å². The van der Waals surface area contributed by atoms with Crippen LogP contribution in [0.1, 0.15) is 48.4 Å². The highest BCUT2D eigenvalue weighted by Gasteiger charge is 2.57. The van der Waals surface area contributed by atoms with Crippen molar-refractivity contribution < 1.29 is 37.0 Å². The van der Waals surface area contributed by atoms with E-state index < -0.39 is 47.1 Å². The Morgan fingerprint density at radius 1 is 1.17 bits per heavy atom. The van der Waals surface area contributed by atoms with Crippen molar-refractivity contribution in [2.75, 3.05) is 13.2 Å². The number of nitrogens with two attached hydrogens (primary N) is 1. The number of hydrogen-bond donors (Lipinski definition) is 3. The van der Waals surface area contributed by atoms with E-state index in [9.17, 15) is 32.3 Å². The van der Waals surface area contributed by atoms with Gasteiger partial charge in [-0.05, 0) is 69.3 Å². The Morgan fingerprint density at radius 2 is 1.86 bits per heavy atom. The summed E-state index contributed by atoms with van der Waals surface area (Å²) in [6.07, 6.45) is -3.61. The lowest BCUT2D eigenvalue weighted by Gasteiger charge is -2.31. The second-order valence-electron chi connectivity index (χ2n) is 10.7. The highest BCUT2D eigenvalue weighted by molar-refractivity contribution is 5.98. The number of rotatable bonds is 7. The van der Waals surface area contributed by atoms with E-state index in [0.29, 0.717) is 10.9 Å². The first-order valence-electron chi connectivity index (χ1n) is 12.9. The fourth-order valence-corrected chi connectivity index (χ4v) is 4.70. The van der Waals surface area contributed by atoms with Crippen molar-refractivity contribution in [3.8, 4) is 17.0 Å². The van der Waals surface area contributed by atoms with Gasteiger partial charge in [0.25, 0.3) is 5.91 Å². The number of carbonyl (C=O) groups is 2. The Balaban J connectivity index is 1.56. The van der Waals surface area contributed by atoms with Crippen molar-refractivity contribution in [3.05, 3.63) is 77.4 Å². The molecular weight excluding hydrogens is 558 g/mol. The molecular formula is C29H27F4N5O4. The van der Waals surface area contributed by atoms with Crippen LogP contribution in [0.4, 0.5) is 17.6 Å². The summed E-state index contributed by atoms with van der Waals surface area (Å²) in [5.41, 5.74) is 0.0809. The first kappa shape index (κ1) is 29.0. The lowest BCUT2D eigenvalue weighted by molar-refractivity contribution is -0.265. The maximum Gasteiger partial charge on any atom is 0.424 e. The van der Waals surface area contributed by atoms with Gasteiger partial charge in [-0.25, -0.2) is 9.37 Å². The van der Waals surface area contributed by atoms with Crippen LogP contribution in [0.3, 0.4) is 0 Å². The molecule has 0 saturated heterocycles. The first-order chi connectivity index (χ1) is 19.6. The van der Waals surface area contributed by atoms with Gasteiger partial charge in [-0.15, -0.1) is 0 Å². The van der Waals surface area contributed by atoms with E-state index in [1.807, 2.05) is 13.8 Å². The van der Waals surface area contributed by atoms with E-state index in [2.05, 4.69) is 15.4 Å². The summed E-state index contributed by atoms with van der Waals surface area (Å²) < 4.78 is 64.8. The van der Waals surface area contributed by atoms with Crippen LogP contribution in [0.25, 0.3) is 22.2 Å². The molecule has 0 bridgehead atoms. The van der Waals surface area contributed by atoms with E-state index in [1.165, 1.54) is 31.2 Å². The fourth-order valence-electron chi connectivity index (χ4n) is 4.70. The molecule has 2 aromatic heterocycles. The van der Waals surface area contributed by atoms with E-state index in [-0.39, 0.29) is 40.8 Å². The summed E-state index contributed by atoms with van der Waals surface area (Å²) in [6.45, 7) is 3.65. The predicted octanol–water partition coefficient (Wildman–Crippen LogP) is 4.13. The largest absolute Gasteiger partial charge is 0.489 e. The number of aromatic nitrogens is 3. The zero-order valence-corrected chi connectivity index (χ0v) is 22.8. The zero-order chi connectivity index (χ0) is 30.6. The molecule has 0 unspecified atom stereocenters. The molecule has 220 valence electrons. The first-order valence-corrected chi connectivity index (χ1v) is 12.9. The summed E-state index contributed by atoms with van der Waals surface area (Å²) in [6, 6.07) is 10.1. The molecule has 2 atom stereocenters. The molecule has 0 aliphatic carbocycles. The summed E-state index contributed by atoms with van der Waals surface area (Å²) in [4.78, 5) is 29.4. The van der Waals surface area contributed by atoms with Crippen LogP contribution < -0.4 is 15.8 Å². The van der Waals surface area contributed by atoms with Crippen molar-refractivity contribution in [2.24, 2.45) is 5.73 Å². The van der Waals surface area contributed by atoms with Gasteiger partial charge < -0.3 is 20.9 Å². The number of amides is 2. The molecule has 0 fully saturated rings. The molecule has 0 radical (unpaired) electrons. The number of halogens is 4. The number of carbonyl (C=O) groups excluding carboxylic acids is 2. The van der Waals surface area contributed by atoms with Crippen LogP contribution in [-0.2, 0) is 15.8 Å². The Bertz CT molecular complexity index is 1700.